The first-order valence-electron chi connectivity index (χ1n) is 7.69. The maximum absolute atomic E-state index is 11.8. The van der Waals surface area contributed by atoms with Crippen LogP contribution >= 0.6 is 0 Å². The highest BCUT2D eigenvalue weighted by atomic mass is 16.6. The molecule has 0 saturated heterocycles. The zero-order valence-electron chi connectivity index (χ0n) is 13.8. The number of rotatable bonds is 12. The van der Waals surface area contributed by atoms with E-state index in [1.54, 1.807) is 7.11 Å². The number of ether oxygens (including phenoxy) is 4. The molecule has 128 valence electrons. The Balaban J connectivity index is 2.08. The fourth-order valence-electron chi connectivity index (χ4n) is 1.96. The van der Waals surface area contributed by atoms with E-state index in [4.69, 9.17) is 18.9 Å². The third-order valence-electron chi connectivity index (χ3n) is 3.10. The molecule has 0 amide bonds. The second-order valence-corrected chi connectivity index (χ2v) is 4.99. The Bertz CT molecular complexity index is 338. The van der Waals surface area contributed by atoms with Crippen LogP contribution in [0.4, 0.5) is 0 Å². The fourth-order valence-corrected chi connectivity index (χ4v) is 1.96. The average molecular weight is 316 g/mol. The van der Waals surface area contributed by atoms with Gasteiger partial charge in [-0.1, -0.05) is 6.92 Å². The lowest BCUT2D eigenvalue weighted by Crippen LogP contribution is -2.40. The predicted octanol–water partition coefficient (Wildman–Crippen LogP) is 1.01. The number of carbonyl (C=O) groups excluding carboxylic acids is 1. The van der Waals surface area contributed by atoms with Crippen molar-refractivity contribution in [1.82, 2.24) is 9.80 Å². The third kappa shape index (κ3) is 7.11. The number of esters is 1. The largest absolute Gasteiger partial charge is 0.422 e. The number of carbonyl (C=O) groups is 1. The first kappa shape index (κ1) is 18.7. The molecule has 0 aromatic carbocycles. The molecular formula is C15H28N2O5. The van der Waals surface area contributed by atoms with Gasteiger partial charge >= 0.3 is 5.97 Å². The van der Waals surface area contributed by atoms with Gasteiger partial charge in [0.25, 0.3) is 6.35 Å². The summed E-state index contributed by atoms with van der Waals surface area (Å²) in [6.07, 6.45) is 4.74. The van der Waals surface area contributed by atoms with Gasteiger partial charge in [0.2, 0.25) is 0 Å². The average Bonchev–Trinajstić information content (AvgIpc) is 2.83. The maximum Gasteiger partial charge on any atom is 0.311 e. The molecule has 1 rings (SSSR count). The van der Waals surface area contributed by atoms with E-state index in [2.05, 4.69) is 6.92 Å². The van der Waals surface area contributed by atoms with E-state index >= 15 is 0 Å². The lowest BCUT2D eigenvalue weighted by molar-refractivity contribution is -0.168. The Morgan fingerprint density at radius 3 is 2.45 bits per heavy atom. The second-order valence-electron chi connectivity index (χ2n) is 4.99. The highest BCUT2D eigenvalue weighted by Crippen LogP contribution is 2.15. The van der Waals surface area contributed by atoms with Gasteiger partial charge in [0, 0.05) is 33.1 Å². The molecule has 0 bridgehead atoms. The predicted molar refractivity (Wildman–Crippen MR) is 81.9 cm³/mol. The van der Waals surface area contributed by atoms with Crippen molar-refractivity contribution in [3.63, 3.8) is 0 Å². The van der Waals surface area contributed by atoms with E-state index in [-0.39, 0.29) is 18.7 Å². The molecule has 0 saturated carbocycles. The van der Waals surface area contributed by atoms with Gasteiger partial charge in [-0.05, 0) is 6.42 Å². The van der Waals surface area contributed by atoms with Crippen LogP contribution in [-0.2, 0) is 23.7 Å². The summed E-state index contributed by atoms with van der Waals surface area (Å²) in [7, 11) is 3.52. The standard InChI is InChI=1S/C15H28N2O5/c1-4-6-17-8-7-16(2)15(17)22-14(18)5-9-20-12-13-21-11-10-19-3/h7-8,15H,4-6,9-13H2,1-3H3. The van der Waals surface area contributed by atoms with Gasteiger partial charge in [0.15, 0.2) is 0 Å². The summed E-state index contributed by atoms with van der Waals surface area (Å²) in [5.74, 6) is -0.262. The number of hydrogen-bond donors (Lipinski definition) is 0. The van der Waals surface area contributed by atoms with Crippen molar-refractivity contribution in [2.75, 3.05) is 53.7 Å². The monoisotopic (exact) mass is 316 g/mol. The lowest BCUT2D eigenvalue weighted by Gasteiger charge is -2.29. The van der Waals surface area contributed by atoms with E-state index < -0.39 is 0 Å². The molecule has 0 fully saturated rings. The molecule has 1 unspecified atom stereocenters. The normalized spacial score (nSPS) is 17.3. The van der Waals surface area contributed by atoms with Gasteiger partial charge in [-0.25, -0.2) is 0 Å². The van der Waals surface area contributed by atoms with Gasteiger partial charge in [-0.2, -0.15) is 0 Å². The number of nitrogens with zero attached hydrogens (tertiary/aromatic N) is 2. The summed E-state index contributed by atoms with van der Waals surface area (Å²) < 4.78 is 20.9. The minimum Gasteiger partial charge on any atom is -0.422 e. The van der Waals surface area contributed by atoms with E-state index in [1.165, 1.54) is 0 Å². The summed E-state index contributed by atoms with van der Waals surface area (Å²) in [5.41, 5.74) is 0. The van der Waals surface area contributed by atoms with Gasteiger partial charge in [0.05, 0.1) is 39.5 Å². The van der Waals surface area contributed by atoms with Crippen LogP contribution in [0.5, 0.6) is 0 Å². The molecule has 1 aliphatic rings. The highest BCUT2D eigenvalue weighted by Gasteiger charge is 2.26. The van der Waals surface area contributed by atoms with Crippen LogP contribution in [0.2, 0.25) is 0 Å². The smallest absolute Gasteiger partial charge is 0.311 e. The minimum atomic E-state index is -0.343. The Hall–Kier alpha value is -1.31. The van der Waals surface area contributed by atoms with Crippen LogP contribution in [0.3, 0.4) is 0 Å². The van der Waals surface area contributed by atoms with Crippen LogP contribution < -0.4 is 0 Å². The summed E-state index contributed by atoms with van der Waals surface area (Å²) >= 11 is 0. The molecule has 0 N–H and O–H groups in total. The van der Waals surface area contributed by atoms with Crippen molar-refractivity contribution in [2.24, 2.45) is 0 Å². The van der Waals surface area contributed by atoms with Crippen molar-refractivity contribution in [2.45, 2.75) is 26.1 Å². The summed E-state index contributed by atoms with van der Waals surface area (Å²) in [6.45, 7) is 5.37. The van der Waals surface area contributed by atoms with E-state index in [0.29, 0.717) is 33.0 Å². The topological polar surface area (TPSA) is 60.5 Å². The van der Waals surface area contributed by atoms with Crippen LogP contribution in [0.15, 0.2) is 12.4 Å². The Labute approximate surface area is 132 Å². The van der Waals surface area contributed by atoms with E-state index in [0.717, 1.165) is 13.0 Å². The lowest BCUT2D eigenvalue weighted by atomic mass is 10.4. The van der Waals surface area contributed by atoms with Crippen LogP contribution in [0.1, 0.15) is 19.8 Å². The van der Waals surface area contributed by atoms with Crippen LogP contribution in [0.25, 0.3) is 0 Å². The summed E-state index contributed by atoms with van der Waals surface area (Å²) in [6, 6.07) is 0. The second kappa shape index (κ2) is 11.3. The highest BCUT2D eigenvalue weighted by molar-refractivity contribution is 5.69. The first-order chi connectivity index (χ1) is 10.7. The van der Waals surface area contributed by atoms with Crippen molar-refractivity contribution in [1.29, 1.82) is 0 Å². The molecule has 7 nitrogen and oxygen atoms in total. The van der Waals surface area contributed by atoms with Gasteiger partial charge in [0.1, 0.15) is 0 Å². The molecule has 1 heterocycles. The SMILES string of the molecule is CCCN1C=CN(C)C1OC(=O)CCOCCOCCOC. The van der Waals surface area contributed by atoms with Crippen molar-refractivity contribution >= 4 is 5.97 Å². The van der Waals surface area contributed by atoms with Gasteiger partial charge in [-0.3, -0.25) is 4.79 Å². The minimum absolute atomic E-state index is 0.238. The number of methoxy groups -OCH3 is 1. The van der Waals surface area contributed by atoms with Crippen molar-refractivity contribution < 1.29 is 23.7 Å². The quantitative estimate of drug-likeness (QED) is 0.393. The Morgan fingerprint density at radius 1 is 1.09 bits per heavy atom. The first-order valence-corrected chi connectivity index (χ1v) is 7.69. The number of hydrogen-bond acceptors (Lipinski definition) is 7. The Morgan fingerprint density at radius 2 is 1.77 bits per heavy atom. The molecule has 1 atom stereocenters. The van der Waals surface area contributed by atoms with Crippen molar-refractivity contribution in [3.05, 3.63) is 12.4 Å². The zero-order valence-corrected chi connectivity index (χ0v) is 13.8. The molecule has 22 heavy (non-hydrogen) atoms. The summed E-state index contributed by atoms with van der Waals surface area (Å²) in [4.78, 5) is 15.7. The molecular weight excluding hydrogens is 288 g/mol. The molecule has 7 heteroatoms. The molecule has 1 aliphatic heterocycles. The molecule has 0 radical (unpaired) electrons. The molecule has 0 aromatic rings. The summed E-state index contributed by atoms with van der Waals surface area (Å²) in [5, 5.41) is 0. The van der Waals surface area contributed by atoms with Gasteiger partial charge < -0.3 is 28.7 Å². The molecule has 0 aromatic heterocycles. The van der Waals surface area contributed by atoms with Crippen LogP contribution in [-0.4, -0.2) is 75.9 Å². The van der Waals surface area contributed by atoms with Gasteiger partial charge in [-0.15, -0.1) is 0 Å². The molecule has 0 aliphatic carbocycles. The third-order valence-corrected chi connectivity index (χ3v) is 3.10. The molecule has 0 spiro atoms. The Kier molecular flexibility index (Phi) is 9.61. The maximum atomic E-state index is 11.8. The fraction of sp³-hybridized carbons (Fsp3) is 0.800. The van der Waals surface area contributed by atoms with Crippen LogP contribution in [0, 0.1) is 0 Å². The van der Waals surface area contributed by atoms with Crippen molar-refractivity contribution in [3.8, 4) is 0 Å². The zero-order chi connectivity index (χ0) is 16.2. The van der Waals surface area contributed by atoms with E-state index in [1.807, 2.05) is 29.2 Å². The van der Waals surface area contributed by atoms with E-state index in [9.17, 15) is 4.79 Å².